The molecule has 0 heterocycles. The molecule has 0 bridgehead atoms. The van der Waals surface area contributed by atoms with Crippen molar-refractivity contribution in [3.8, 4) is 0 Å². The largest absolute Gasteiger partial charge is 0.394 e. The maximum atomic E-state index is 9.34. The molecule has 0 aromatic carbocycles. The molecule has 2 atom stereocenters. The number of aliphatic hydroxyl groups is 2. The van der Waals surface area contributed by atoms with Crippen LogP contribution in [0.2, 0.25) is 0 Å². The van der Waals surface area contributed by atoms with Crippen molar-refractivity contribution in [2.45, 2.75) is 57.6 Å². The molecule has 0 rings (SSSR count). The number of aliphatic hydroxyl groups excluding tert-OH is 2. The average molecular weight is 215 g/mol. The summed E-state index contributed by atoms with van der Waals surface area (Å²) in [7, 11) is 0. The van der Waals surface area contributed by atoms with Crippen LogP contribution in [0.15, 0.2) is 5.11 Å². The lowest BCUT2D eigenvalue weighted by molar-refractivity contribution is 0.0712. The van der Waals surface area contributed by atoms with E-state index in [9.17, 15) is 5.11 Å². The lowest BCUT2D eigenvalue weighted by Gasteiger charge is -2.15. The smallest absolute Gasteiger partial charge is 0.0855 e. The van der Waals surface area contributed by atoms with Crippen molar-refractivity contribution in [3.63, 3.8) is 0 Å². The molecule has 0 amide bonds. The standard InChI is InChI=1S/C10H21N3O2/c1-2-3-4-5-6-7-9(12-13-11)10(15)8-14/h9-10,14-15H,2-8H2,1H3/t9-,10+/m0/s1. The molecule has 0 saturated carbocycles. The van der Waals surface area contributed by atoms with Crippen molar-refractivity contribution < 1.29 is 10.2 Å². The molecule has 0 radical (unpaired) electrons. The van der Waals surface area contributed by atoms with E-state index in [1.54, 1.807) is 0 Å². The van der Waals surface area contributed by atoms with E-state index in [0.29, 0.717) is 6.42 Å². The number of azide groups is 1. The molecule has 5 heteroatoms. The third kappa shape index (κ3) is 7.19. The van der Waals surface area contributed by atoms with Gasteiger partial charge in [-0.05, 0) is 12.0 Å². The second kappa shape index (κ2) is 9.77. The first kappa shape index (κ1) is 14.2. The summed E-state index contributed by atoms with van der Waals surface area (Å²) in [5.74, 6) is 0. The first-order chi connectivity index (χ1) is 7.26. The van der Waals surface area contributed by atoms with E-state index in [1.165, 1.54) is 19.3 Å². The van der Waals surface area contributed by atoms with E-state index in [4.69, 9.17) is 10.6 Å². The number of unbranched alkanes of at least 4 members (excludes halogenated alkanes) is 4. The highest BCUT2D eigenvalue weighted by Gasteiger charge is 2.15. The fourth-order valence-corrected chi connectivity index (χ4v) is 1.47. The molecule has 0 spiro atoms. The molecule has 15 heavy (non-hydrogen) atoms. The van der Waals surface area contributed by atoms with Crippen molar-refractivity contribution >= 4 is 0 Å². The van der Waals surface area contributed by atoms with Gasteiger partial charge in [-0.25, -0.2) is 0 Å². The van der Waals surface area contributed by atoms with Crippen molar-refractivity contribution in [1.82, 2.24) is 0 Å². The molecule has 88 valence electrons. The van der Waals surface area contributed by atoms with Crippen LogP contribution in [-0.4, -0.2) is 29.0 Å². The van der Waals surface area contributed by atoms with Gasteiger partial charge in [-0.1, -0.05) is 44.1 Å². The summed E-state index contributed by atoms with van der Waals surface area (Å²) in [4.78, 5) is 2.67. The van der Waals surface area contributed by atoms with Crippen LogP contribution in [0.5, 0.6) is 0 Å². The first-order valence-corrected chi connectivity index (χ1v) is 5.59. The molecule has 0 aromatic rings. The highest BCUT2D eigenvalue weighted by atomic mass is 16.3. The third-order valence-corrected chi connectivity index (χ3v) is 2.43. The zero-order chi connectivity index (χ0) is 11.5. The summed E-state index contributed by atoms with van der Waals surface area (Å²) in [6.07, 6.45) is 5.33. The molecule has 0 unspecified atom stereocenters. The second-order valence-electron chi connectivity index (χ2n) is 3.73. The summed E-state index contributed by atoms with van der Waals surface area (Å²) >= 11 is 0. The Morgan fingerprint density at radius 3 is 2.47 bits per heavy atom. The topological polar surface area (TPSA) is 89.2 Å². The Morgan fingerprint density at radius 1 is 1.27 bits per heavy atom. The highest BCUT2D eigenvalue weighted by Crippen LogP contribution is 2.12. The molecule has 0 aliphatic rings. The molecular weight excluding hydrogens is 194 g/mol. The summed E-state index contributed by atoms with van der Waals surface area (Å²) in [5, 5.41) is 21.6. The minimum atomic E-state index is -0.924. The van der Waals surface area contributed by atoms with Gasteiger partial charge >= 0.3 is 0 Å². The van der Waals surface area contributed by atoms with Crippen LogP contribution in [0.1, 0.15) is 45.4 Å². The lowest BCUT2D eigenvalue weighted by Crippen LogP contribution is -2.27. The van der Waals surface area contributed by atoms with Gasteiger partial charge in [0.1, 0.15) is 0 Å². The van der Waals surface area contributed by atoms with Gasteiger partial charge in [0, 0.05) is 4.91 Å². The van der Waals surface area contributed by atoms with Gasteiger partial charge in [0.05, 0.1) is 18.8 Å². The van der Waals surface area contributed by atoms with E-state index in [1.807, 2.05) is 0 Å². The van der Waals surface area contributed by atoms with Crippen LogP contribution in [0.25, 0.3) is 10.4 Å². The number of rotatable bonds is 9. The Morgan fingerprint density at radius 2 is 1.93 bits per heavy atom. The lowest BCUT2D eigenvalue weighted by atomic mass is 10.0. The maximum Gasteiger partial charge on any atom is 0.0855 e. The predicted octanol–water partition coefficient (Wildman–Crippen LogP) is 2.38. The number of hydrogen-bond donors (Lipinski definition) is 2. The van der Waals surface area contributed by atoms with Gasteiger partial charge in [-0.15, -0.1) is 0 Å². The zero-order valence-corrected chi connectivity index (χ0v) is 9.34. The van der Waals surface area contributed by atoms with Crippen molar-refractivity contribution in [2.24, 2.45) is 5.11 Å². The number of nitrogens with zero attached hydrogens (tertiary/aromatic N) is 3. The molecular formula is C10H21N3O2. The van der Waals surface area contributed by atoms with E-state index in [0.717, 1.165) is 12.8 Å². The monoisotopic (exact) mass is 215 g/mol. The van der Waals surface area contributed by atoms with Crippen LogP contribution in [0, 0.1) is 0 Å². The Hall–Kier alpha value is -0.770. The molecule has 0 saturated heterocycles. The molecule has 0 aromatic heterocycles. The fourth-order valence-electron chi connectivity index (χ4n) is 1.47. The van der Waals surface area contributed by atoms with Gasteiger partial charge in [-0.2, -0.15) is 0 Å². The normalized spacial score (nSPS) is 14.3. The van der Waals surface area contributed by atoms with Crippen LogP contribution in [0.3, 0.4) is 0 Å². The van der Waals surface area contributed by atoms with Crippen LogP contribution < -0.4 is 0 Å². The van der Waals surface area contributed by atoms with E-state index in [-0.39, 0.29) is 6.61 Å². The van der Waals surface area contributed by atoms with Crippen LogP contribution in [-0.2, 0) is 0 Å². The first-order valence-electron chi connectivity index (χ1n) is 5.59. The molecule has 0 aliphatic carbocycles. The van der Waals surface area contributed by atoms with Crippen molar-refractivity contribution in [2.75, 3.05) is 6.61 Å². The van der Waals surface area contributed by atoms with E-state index < -0.39 is 12.1 Å². The van der Waals surface area contributed by atoms with Crippen molar-refractivity contribution in [3.05, 3.63) is 10.4 Å². The molecule has 2 N–H and O–H groups in total. The average Bonchev–Trinajstić information content (AvgIpc) is 2.26. The highest BCUT2D eigenvalue weighted by molar-refractivity contribution is 4.75. The van der Waals surface area contributed by atoms with Gasteiger partial charge < -0.3 is 10.2 Å². The Labute approximate surface area is 90.7 Å². The molecule has 0 fully saturated rings. The Kier molecular flexibility index (Phi) is 9.27. The quantitative estimate of drug-likeness (QED) is 0.267. The zero-order valence-electron chi connectivity index (χ0n) is 9.34. The van der Waals surface area contributed by atoms with Gasteiger partial charge in [0.2, 0.25) is 0 Å². The summed E-state index contributed by atoms with van der Waals surface area (Å²) in [6.45, 7) is 1.80. The molecule has 0 aliphatic heterocycles. The Balaban J connectivity index is 3.71. The maximum absolute atomic E-state index is 9.34. The van der Waals surface area contributed by atoms with E-state index in [2.05, 4.69) is 16.9 Å². The molecule has 5 nitrogen and oxygen atoms in total. The Bertz CT molecular complexity index is 193. The van der Waals surface area contributed by atoms with Gasteiger partial charge in [0.25, 0.3) is 0 Å². The van der Waals surface area contributed by atoms with Crippen LogP contribution >= 0.6 is 0 Å². The van der Waals surface area contributed by atoms with Crippen molar-refractivity contribution in [1.29, 1.82) is 0 Å². The third-order valence-electron chi connectivity index (χ3n) is 2.43. The second-order valence-corrected chi connectivity index (χ2v) is 3.73. The predicted molar refractivity (Wildman–Crippen MR) is 59.4 cm³/mol. The summed E-state index contributed by atoms with van der Waals surface area (Å²) in [5.41, 5.74) is 8.29. The minimum absolute atomic E-state index is 0.349. The van der Waals surface area contributed by atoms with Crippen LogP contribution in [0.4, 0.5) is 0 Å². The SMILES string of the molecule is CCCCCCC[C@H](N=[N+]=[N-])[C@H](O)CO. The van der Waals surface area contributed by atoms with E-state index >= 15 is 0 Å². The van der Waals surface area contributed by atoms with Gasteiger partial charge in [-0.3, -0.25) is 0 Å². The minimum Gasteiger partial charge on any atom is -0.394 e. The summed E-state index contributed by atoms with van der Waals surface area (Å²) in [6, 6.07) is -0.485. The number of hydrogen-bond acceptors (Lipinski definition) is 3. The summed E-state index contributed by atoms with van der Waals surface area (Å²) < 4.78 is 0. The van der Waals surface area contributed by atoms with Gasteiger partial charge in [0.15, 0.2) is 0 Å². The fraction of sp³-hybridized carbons (Fsp3) is 1.00.